The Labute approximate surface area is 138 Å². The van der Waals surface area contributed by atoms with Crippen LogP contribution in [0.4, 0.5) is 0 Å². The van der Waals surface area contributed by atoms with Crippen molar-refractivity contribution in [2.45, 2.75) is 57.4 Å². The van der Waals surface area contributed by atoms with Crippen molar-refractivity contribution in [1.29, 1.82) is 0 Å². The highest BCUT2D eigenvalue weighted by atomic mass is 35.5. The molecule has 0 spiro atoms. The third-order valence-electron chi connectivity index (χ3n) is 3.91. The van der Waals surface area contributed by atoms with E-state index in [1.54, 1.807) is 11.3 Å². The van der Waals surface area contributed by atoms with Crippen LogP contribution < -0.4 is 10.6 Å². The highest BCUT2D eigenvalue weighted by molar-refractivity contribution is 7.09. The van der Waals surface area contributed by atoms with Gasteiger partial charge in [-0.2, -0.15) is 0 Å². The maximum Gasteiger partial charge on any atom is 0.220 e. The fraction of sp³-hybridized carbons (Fsp3) is 0.688. The number of thiophene rings is 1. The summed E-state index contributed by atoms with van der Waals surface area (Å²) in [7, 11) is 0. The normalized spacial score (nSPS) is 16.0. The molecule has 120 valence electrons. The van der Waals surface area contributed by atoms with Gasteiger partial charge in [0.05, 0.1) is 0 Å². The molecule has 1 aliphatic rings. The Kier molecular flexibility index (Phi) is 9.72. The summed E-state index contributed by atoms with van der Waals surface area (Å²) in [5.74, 6) is 0.168. The first kappa shape index (κ1) is 18.5. The van der Waals surface area contributed by atoms with Gasteiger partial charge in [-0.05, 0) is 30.7 Å². The van der Waals surface area contributed by atoms with Crippen molar-refractivity contribution in [2.24, 2.45) is 0 Å². The fourth-order valence-electron chi connectivity index (χ4n) is 2.74. The van der Waals surface area contributed by atoms with E-state index in [-0.39, 0.29) is 18.3 Å². The van der Waals surface area contributed by atoms with Gasteiger partial charge >= 0.3 is 0 Å². The number of halogens is 1. The van der Waals surface area contributed by atoms with Gasteiger partial charge in [0.25, 0.3) is 0 Å². The van der Waals surface area contributed by atoms with Crippen molar-refractivity contribution in [3.63, 3.8) is 0 Å². The van der Waals surface area contributed by atoms with Crippen LogP contribution in [0, 0.1) is 0 Å². The van der Waals surface area contributed by atoms with Crippen LogP contribution in [0.15, 0.2) is 17.5 Å². The average molecular weight is 331 g/mol. The topological polar surface area (TPSA) is 41.1 Å². The van der Waals surface area contributed by atoms with Crippen LogP contribution >= 0.6 is 23.7 Å². The Hall–Kier alpha value is -0.580. The lowest BCUT2D eigenvalue weighted by atomic mass is 10.1. The van der Waals surface area contributed by atoms with Gasteiger partial charge in [0.1, 0.15) is 0 Å². The van der Waals surface area contributed by atoms with Crippen LogP contribution in [0.2, 0.25) is 0 Å². The lowest BCUT2D eigenvalue weighted by molar-refractivity contribution is -0.121. The Morgan fingerprint density at radius 1 is 1.19 bits per heavy atom. The molecule has 21 heavy (non-hydrogen) atoms. The van der Waals surface area contributed by atoms with Gasteiger partial charge < -0.3 is 10.6 Å². The van der Waals surface area contributed by atoms with Gasteiger partial charge in [-0.15, -0.1) is 23.7 Å². The van der Waals surface area contributed by atoms with Gasteiger partial charge in [-0.3, -0.25) is 4.79 Å². The molecule has 0 saturated heterocycles. The molecule has 1 fully saturated rings. The second-order valence-corrected chi connectivity index (χ2v) is 6.60. The van der Waals surface area contributed by atoms with E-state index in [1.807, 2.05) is 6.07 Å². The molecule has 0 aromatic carbocycles. The van der Waals surface area contributed by atoms with Crippen molar-refractivity contribution in [3.05, 3.63) is 22.4 Å². The first-order chi connectivity index (χ1) is 9.84. The van der Waals surface area contributed by atoms with E-state index >= 15 is 0 Å². The number of rotatable bonds is 7. The largest absolute Gasteiger partial charge is 0.355 e. The molecule has 1 aromatic heterocycles. The summed E-state index contributed by atoms with van der Waals surface area (Å²) in [6.07, 6.45) is 9.53. The fourth-order valence-corrected chi connectivity index (χ4v) is 3.45. The molecule has 1 saturated carbocycles. The number of nitrogens with one attached hydrogen (secondary N) is 2. The molecule has 0 radical (unpaired) electrons. The zero-order valence-corrected chi connectivity index (χ0v) is 14.2. The second-order valence-electron chi connectivity index (χ2n) is 5.57. The van der Waals surface area contributed by atoms with Gasteiger partial charge in [-0.25, -0.2) is 0 Å². The quantitative estimate of drug-likeness (QED) is 0.593. The third-order valence-corrected chi connectivity index (χ3v) is 4.85. The molecule has 0 atom stereocenters. The van der Waals surface area contributed by atoms with E-state index in [9.17, 15) is 4.79 Å². The molecular formula is C16H27ClN2OS. The minimum atomic E-state index is 0. The first-order valence-corrected chi connectivity index (χ1v) is 8.75. The van der Waals surface area contributed by atoms with Crippen LogP contribution in [0.5, 0.6) is 0 Å². The predicted molar refractivity (Wildman–Crippen MR) is 92.4 cm³/mol. The molecule has 5 heteroatoms. The van der Waals surface area contributed by atoms with Crippen molar-refractivity contribution < 1.29 is 4.79 Å². The van der Waals surface area contributed by atoms with Crippen LogP contribution in [0.25, 0.3) is 0 Å². The minimum Gasteiger partial charge on any atom is -0.355 e. The van der Waals surface area contributed by atoms with Gasteiger partial charge in [-0.1, -0.05) is 31.7 Å². The summed E-state index contributed by atoms with van der Waals surface area (Å²) >= 11 is 1.72. The van der Waals surface area contributed by atoms with E-state index in [2.05, 4.69) is 22.1 Å². The molecule has 0 unspecified atom stereocenters. The molecule has 0 aliphatic heterocycles. The second kappa shape index (κ2) is 11.0. The SMILES string of the molecule is Cl.O=C(CCc1cccs1)NCCNC1CCCCCC1. The molecule has 0 bridgehead atoms. The van der Waals surface area contributed by atoms with Crippen molar-refractivity contribution in [1.82, 2.24) is 10.6 Å². The smallest absolute Gasteiger partial charge is 0.220 e. The summed E-state index contributed by atoms with van der Waals surface area (Å²) in [6.45, 7) is 1.65. The lowest BCUT2D eigenvalue weighted by Crippen LogP contribution is -2.36. The van der Waals surface area contributed by atoms with Crippen LogP contribution in [-0.2, 0) is 11.2 Å². The summed E-state index contributed by atoms with van der Waals surface area (Å²) in [5.41, 5.74) is 0. The maximum atomic E-state index is 11.7. The zero-order valence-electron chi connectivity index (χ0n) is 12.6. The summed E-state index contributed by atoms with van der Waals surface area (Å²) < 4.78 is 0. The van der Waals surface area contributed by atoms with E-state index in [0.717, 1.165) is 19.5 Å². The molecule has 1 heterocycles. The van der Waals surface area contributed by atoms with Gasteiger partial charge in [0, 0.05) is 30.4 Å². The summed E-state index contributed by atoms with van der Waals surface area (Å²) in [5, 5.41) is 8.64. The Bertz CT molecular complexity index is 376. The predicted octanol–water partition coefficient (Wildman–Crippen LogP) is 3.53. The average Bonchev–Trinajstić information content (AvgIpc) is 2.84. The molecule has 1 aliphatic carbocycles. The highest BCUT2D eigenvalue weighted by Gasteiger charge is 2.11. The Morgan fingerprint density at radius 2 is 1.95 bits per heavy atom. The molecule has 1 aromatic rings. The van der Waals surface area contributed by atoms with Crippen LogP contribution in [-0.4, -0.2) is 25.0 Å². The Morgan fingerprint density at radius 3 is 2.62 bits per heavy atom. The zero-order chi connectivity index (χ0) is 14.0. The van der Waals surface area contributed by atoms with Crippen LogP contribution in [0.3, 0.4) is 0 Å². The number of hydrogen-bond donors (Lipinski definition) is 2. The van der Waals surface area contributed by atoms with Gasteiger partial charge in [0.15, 0.2) is 0 Å². The summed E-state index contributed by atoms with van der Waals surface area (Å²) in [6, 6.07) is 4.79. The maximum absolute atomic E-state index is 11.7. The van der Waals surface area contributed by atoms with Crippen molar-refractivity contribution >= 4 is 29.7 Å². The minimum absolute atomic E-state index is 0. The number of aryl methyl sites for hydroxylation is 1. The standard InChI is InChI=1S/C16H26N2OS.ClH/c19-16(10-9-15-8-5-13-20-15)18-12-11-17-14-6-3-1-2-4-7-14;/h5,8,13-14,17H,1-4,6-7,9-12H2,(H,18,19);1H. The van der Waals surface area contributed by atoms with E-state index in [1.165, 1.54) is 43.4 Å². The molecular weight excluding hydrogens is 304 g/mol. The molecule has 3 nitrogen and oxygen atoms in total. The molecule has 1 amide bonds. The molecule has 2 rings (SSSR count). The van der Waals surface area contributed by atoms with Crippen LogP contribution in [0.1, 0.15) is 49.8 Å². The van der Waals surface area contributed by atoms with E-state index < -0.39 is 0 Å². The van der Waals surface area contributed by atoms with Crippen molar-refractivity contribution in [3.8, 4) is 0 Å². The van der Waals surface area contributed by atoms with E-state index in [0.29, 0.717) is 12.5 Å². The van der Waals surface area contributed by atoms with E-state index in [4.69, 9.17) is 0 Å². The highest BCUT2D eigenvalue weighted by Crippen LogP contribution is 2.16. The van der Waals surface area contributed by atoms with Crippen molar-refractivity contribution in [2.75, 3.05) is 13.1 Å². The van der Waals surface area contributed by atoms with Gasteiger partial charge in [0.2, 0.25) is 5.91 Å². The molecule has 2 N–H and O–H groups in total. The summed E-state index contributed by atoms with van der Waals surface area (Å²) in [4.78, 5) is 13.0. The monoisotopic (exact) mass is 330 g/mol. The first-order valence-electron chi connectivity index (χ1n) is 7.87. The number of carbonyl (C=O) groups is 1. The number of carbonyl (C=O) groups excluding carboxylic acids is 1. The Balaban J connectivity index is 0.00000220. The number of amides is 1. The lowest BCUT2D eigenvalue weighted by Gasteiger charge is -2.16. The number of hydrogen-bond acceptors (Lipinski definition) is 3. The third kappa shape index (κ3) is 7.84.